The molecular weight excluding hydrogens is 1020 g/mol. The summed E-state index contributed by atoms with van der Waals surface area (Å²) in [6, 6.07) is -0.880. The number of quaternary nitrogens is 1. The van der Waals surface area contributed by atoms with Gasteiger partial charge in [0.05, 0.1) is 33.8 Å². The summed E-state index contributed by atoms with van der Waals surface area (Å²) in [7, 11) is 1.21. The van der Waals surface area contributed by atoms with E-state index in [2.05, 4.69) is 26.1 Å². The number of carbonyl (C=O) groups is 2. The molecule has 0 spiro atoms. The number of nitrogens with zero attached hydrogens (tertiary/aromatic N) is 1. The summed E-state index contributed by atoms with van der Waals surface area (Å²) < 4.78 is 30.4. The molecular formula is C71H141N2O7P. The van der Waals surface area contributed by atoms with Gasteiger partial charge in [0.15, 0.2) is 0 Å². The van der Waals surface area contributed by atoms with Gasteiger partial charge in [-0.2, -0.15) is 0 Å². The van der Waals surface area contributed by atoms with E-state index in [4.69, 9.17) is 13.8 Å². The molecule has 1 amide bonds. The summed E-state index contributed by atoms with van der Waals surface area (Å²) in [4.78, 5) is 40.1. The van der Waals surface area contributed by atoms with Gasteiger partial charge in [0.2, 0.25) is 5.91 Å². The minimum atomic E-state index is -4.69. The Balaban J connectivity index is 4.97. The number of nitrogens with one attached hydrogen (secondary N) is 1. The molecule has 0 aromatic carbocycles. The van der Waals surface area contributed by atoms with Gasteiger partial charge in [0.25, 0.3) is 7.82 Å². The maximum Gasteiger partial charge on any atom is 0.306 e. The van der Waals surface area contributed by atoms with E-state index in [1.165, 1.54) is 289 Å². The van der Waals surface area contributed by atoms with E-state index in [0.717, 1.165) is 57.8 Å². The Morgan fingerprint density at radius 1 is 0.420 bits per heavy atom. The zero-order chi connectivity index (χ0) is 59.3. The van der Waals surface area contributed by atoms with Crippen molar-refractivity contribution in [1.82, 2.24) is 5.32 Å². The molecule has 0 aromatic rings. The summed E-state index contributed by atoms with van der Waals surface area (Å²) in [5, 5.41) is 3.05. The van der Waals surface area contributed by atoms with Crippen LogP contribution in [0.2, 0.25) is 0 Å². The van der Waals surface area contributed by atoms with Crippen molar-refractivity contribution in [2.75, 3.05) is 40.9 Å². The fourth-order valence-corrected chi connectivity index (χ4v) is 11.9. The summed E-state index contributed by atoms with van der Waals surface area (Å²) in [6.07, 6.45) is 73.4. The van der Waals surface area contributed by atoms with Gasteiger partial charge in [-0.25, -0.2) is 0 Å². The normalized spacial score (nSPS) is 13.5. The molecule has 0 rings (SSSR count). The van der Waals surface area contributed by atoms with E-state index >= 15 is 0 Å². The average Bonchev–Trinajstić information content (AvgIpc) is 3.44. The highest BCUT2D eigenvalue weighted by Gasteiger charge is 2.27. The Kier molecular flexibility index (Phi) is 60.9. The first-order valence-electron chi connectivity index (χ1n) is 36.0. The topological polar surface area (TPSA) is 114 Å². The van der Waals surface area contributed by atoms with E-state index in [1.54, 1.807) is 0 Å². The van der Waals surface area contributed by atoms with Crippen molar-refractivity contribution >= 4 is 19.7 Å². The van der Waals surface area contributed by atoms with Crippen molar-refractivity contribution in [1.29, 1.82) is 0 Å². The molecule has 0 aliphatic heterocycles. The third-order valence-corrected chi connectivity index (χ3v) is 17.7. The molecule has 482 valence electrons. The molecule has 0 radical (unpaired) electrons. The molecule has 0 heterocycles. The number of allylic oxidation sites excluding steroid dienone is 1. The van der Waals surface area contributed by atoms with Crippen molar-refractivity contribution in [2.24, 2.45) is 0 Å². The summed E-state index contributed by atoms with van der Waals surface area (Å²) >= 11 is 0. The molecule has 0 fully saturated rings. The zero-order valence-electron chi connectivity index (χ0n) is 55.3. The average molecular weight is 1170 g/mol. The number of likely N-dealkylation sites (N-methyl/N-ethyl adjacent to an activating group) is 1. The first kappa shape index (κ1) is 79.8. The largest absolute Gasteiger partial charge is 0.756 e. The summed E-state index contributed by atoms with van der Waals surface area (Å²) in [6.45, 7) is 6.92. The van der Waals surface area contributed by atoms with Crippen molar-refractivity contribution in [3.05, 3.63) is 12.2 Å². The van der Waals surface area contributed by atoms with Gasteiger partial charge in [-0.3, -0.25) is 14.2 Å². The number of carbonyl (C=O) groups excluding carboxylic acids is 2. The third-order valence-electron chi connectivity index (χ3n) is 16.7. The molecule has 0 aromatic heterocycles. The smallest absolute Gasteiger partial charge is 0.306 e. The third kappa shape index (κ3) is 63.1. The Bertz CT molecular complexity index is 1390. The van der Waals surface area contributed by atoms with Gasteiger partial charge in [0, 0.05) is 12.8 Å². The highest BCUT2D eigenvalue weighted by atomic mass is 31.2. The van der Waals surface area contributed by atoms with Gasteiger partial charge < -0.3 is 28.5 Å². The molecule has 0 aliphatic rings. The lowest BCUT2D eigenvalue weighted by Crippen LogP contribution is -2.47. The number of unbranched alkanes of at least 4 members (excludes halogenated alkanes) is 51. The number of amides is 1. The number of phosphoric acid groups is 1. The first-order valence-corrected chi connectivity index (χ1v) is 37.5. The van der Waals surface area contributed by atoms with Crippen LogP contribution in [0.5, 0.6) is 0 Å². The van der Waals surface area contributed by atoms with E-state index in [1.807, 2.05) is 33.3 Å². The first-order chi connectivity index (χ1) is 39.4. The number of esters is 1. The van der Waals surface area contributed by atoms with Crippen LogP contribution in [0.1, 0.15) is 380 Å². The van der Waals surface area contributed by atoms with Crippen LogP contribution in [0, 0.1) is 0 Å². The molecule has 1 N–H and O–H groups in total. The molecule has 81 heavy (non-hydrogen) atoms. The van der Waals surface area contributed by atoms with Crippen LogP contribution in [0.15, 0.2) is 12.2 Å². The Hall–Kier alpha value is -1.25. The molecule has 0 aliphatic carbocycles. The quantitative estimate of drug-likeness (QED) is 0.0212. The lowest BCUT2D eigenvalue weighted by atomic mass is 10.0. The Morgan fingerprint density at radius 2 is 0.704 bits per heavy atom. The number of ether oxygens (including phenoxy) is 1. The van der Waals surface area contributed by atoms with Crippen LogP contribution in [0.4, 0.5) is 0 Å². The van der Waals surface area contributed by atoms with Crippen LogP contribution < -0.4 is 10.2 Å². The van der Waals surface area contributed by atoms with Gasteiger partial charge in [-0.15, -0.1) is 0 Å². The van der Waals surface area contributed by atoms with Gasteiger partial charge in [-0.1, -0.05) is 348 Å². The Labute approximate surface area is 505 Å². The van der Waals surface area contributed by atoms with E-state index in [9.17, 15) is 19.0 Å². The maximum atomic E-state index is 13.6. The number of hydrogen-bond donors (Lipinski definition) is 1. The lowest BCUT2D eigenvalue weighted by Gasteiger charge is -2.30. The van der Waals surface area contributed by atoms with Gasteiger partial charge in [-0.05, 0) is 31.8 Å². The second kappa shape index (κ2) is 61.8. The zero-order valence-corrected chi connectivity index (χ0v) is 56.2. The maximum absolute atomic E-state index is 13.6. The minimum Gasteiger partial charge on any atom is -0.756 e. The molecule has 0 bridgehead atoms. The van der Waals surface area contributed by atoms with Crippen molar-refractivity contribution in [3.63, 3.8) is 0 Å². The lowest BCUT2D eigenvalue weighted by molar-refractivity contribution is -0.870. The van der Waals surface area contributed by atoms with E-state index < -0.39 is 20.0 Å². The van der Waals surface area contributed by atoms with Crippen LogP contribution in [-0.2, 0) is 27.9 Å². The number of phosphoric ester groups is 1. The molecule has 3 atom stereocenters. The SMILES string of the molecule is CCCCCCCCCCC/C=C/C(OC(=O)CCCCCCCCCCCCCCCCCCCCCCCCC)C(COP(=O)([O-])OCC[N+](C)(C)C)NC(=O)CCCCCCCCCCCCCCCCCCCCCCC. The fourth-order valence-electron chi connectivity index (χ4n) is 11.2. The van der Waals surface area contributed by atoms with Crippen LogP contribution in [-0.4, -0.2) is 69.4 Å². The number of hydrogen-bond acceptors (Lipinski definition) is 7. The molecule has 0 saturated carbocycles. The van der Waals surface area contributed by atoms with Crippen LogP contribution in [0.25, 0.3) is 0 Å². The molecule has 9 nitrogen and oxygen atoms in total. The second-order valence-corrected chi connectivity index (χ2v) is 27.5. The van der Waals surface area contributed by atoms with E-state index in [-0.39, 0.29) is 31.5 Å². The van der Waals surface area contributed by atoms with Gasteiger partial charge >= 0.3 is 5.97 Å². The monoisotopic (exact) mass is 1170 g/mol. The minimum absolute atomic E-state index is 0.0165. The van der Waals surface area contributed by atoms with Crippen molar-refractivity contribution in [2.45, 2.75) is 392 Å². The van der Waals surface area contributed by atoms with Crippen LogP contribution in [0.3, 0.4) is 0 Å². The molecule has 10 heteroatoms. The molecule has 0 saturated heterocycles. The number of rotatable bonds is 67. The summed E-state index contributed by atoms with van der Waals surface area (Å²) in [5.41, 5.74) is 0. The predicted octanol–water partition coefficient (Wildman–Crippen LogP) is 22.1. The van der Waals surface area contributed by atoms with Crippen LogP contribution >= 0.6 is 7.82 Å². The van der Waals surface area contributed by atoms with Crippen molar-refractivity contribution < 1.29 is 37.3 Å². The Morgan fingerprint density at radius 3 is 1.01 bits per heavy atom. The molecule has 3 unspecified atom stereocenters. The predicted molar refractivity (Wildman–Crippen MR) is 349 cm³/mol. The fraction of sp³-hybridized carbons (Fsp3) is 0.944. The van der Waals surface area contributed by atoms with Crippen molar-refractivity contribution in [3.8, 4) is 0 Å². The summed E-state index contributed by atoms with van der Waals surface area (Å²) in [5.74, 6) is -0.513. The second-order valence-electron chi connectivity index (χ2n) is 26.1. The van der Waals surface area contributed by atoms with E-state index in [0.29, 0.717) is 17.4 Å². The highest BCUT2D eigenvalue weighted by Crippen LogP contribution is 2.38. The standard InChI is InChI=1S/C71H141N2O7P/c1-7-10-13-16-19-22-25-27-29-31-33-35-36-38-40-42-44-46-49-52-55-58-61-64-71(75)80-69(62-59-56-53-50-47-24-21-18-15-12-9-3)68(67-79-81(76,77)78-66-65-73(4,5)6)72-70(74)63-60-57-54-51-48-45-43-41-39-37-34-32-30-28-26-23-20-17-14-11-8-2/h59,62,68-69H,7-58,60-61,63-67H2,1-6H3,(H-,72,74,76,77)/b62-59+. The highest BCUT2D eigenvalue weighted by molar-refractivity contribution is 7.45. The van der Waals surface area contributed by atoms with Gasteiger partial charge in [0.1, 0.15) is 19.3 Å².